The summed E-state index contributed by atoms with van der Waals surface area (Å²) in [5.74, 6) is -0.597. The molecule has 0 aromatic rings. The molecule has 0 aromatic heterocycles. The molecule has 10 nitrogen and oxygen atoms in total. The summed E-state index contributed by atoms with van der Waals surface area (Å²) in [6, 6.07) is 0. The number of rotatable bonds is 4. The normalized spacial score (nSPS) is 55.2. The third kappa shape index (κ3) is 3.72. The Balaban J connectivity index is 1.21. The lowest BCUT2D eigenvalue weighted by molar-refractivity contribution is -0.310. The Morgan fingerprint density at radius 1 is 0.974 bits per heavy atom. The predicted octanol–water partition coefficient (Wildman–Crippen LogP) is 0.750. The van der Waals surface area contributed by atoms with Gasteiger partial charge in [0.15, 0.2) is 6.29 Å². The van der Waals surface area contributed by atoms with E-state index in [1.807, 2.05) is 6.92 Å². The summed E-state index contributed by atoms with van der Waals surface area (Å²) < 4.78 is 16.9. The molecule has 0 unspecified atom stereocenters. The Labute approximate surface area is 228 Å². The highest BCUT2D eigenvalue weighted by Gasteiger charge is 2.73. The highest BCUT2D eigenvalue weighted by atomic mass is 16.7. The Kier molecular flexibility index (Phi) is 6.62. The van der Waals surface area contributed by atoms with Gasteiger partial charge in [0.25, 0.3) is 0 Å². The first-order chi connectivity index (χ1) is 18.4. The number of carbonyl (C=O) groups is 2. The van der Waals surface area contributed by atoms with E-state index in [9.17, 15) is 35.1 Å². The van der Waals surface area contributed by atoms with Crippen molar-refractivity contribution in [2.45, 2.75) is 120 Å². The van der Waals surface area contributed by atoms with Crippen LogP contribution in [0.15, 0.2) is 11.6 Å². The summed E-state index contributed by atoms with van der Waals surface area (Å²) in [4.78, 5) is 24.7. The van der Waals surface area contributed by atoms with E-state index >= 15 is 0 Å². The number of aliphatic hydroxyl groups excluding tert-OH is 3. The van der Waals surface area contributed by atoms with Gasteiger partial charge in [-0.1, -0.05) is 6.92 Å². The minimum Gasteiger partial charge on any atom is -0.458 e. The quantitative estimate of drug-likeness (QED) is 0.192. The van der Waals surface area contributed by atoms with Crippen LogP contribution in [0.2, 0.25) is 0 Å². The van der Waals surface area contributed by atoms with E-state index in [-0.39, 0.29) is 30.5 Å². The number of hydrogen-bond donors (Lipinski definition) is 5. The number of esters is 1. The standard InChI is InChI=1S/C29H42O10/c1-15-22(32)23(33)24(34)25(38-15)39-18-5-8-27(14-30)16(11-18)3-4-20-19(27)6-7-26(2)28(35,9-10-29(20,26)36)17-12-21(31)37-13-17/h12,14-16,18-20,22-25,32-36H,3-11,13H2,1-2H3/t15-,16+,18+,19-,20-,22-,23-,24-,25+,26-,27-,28-,29+/m1/s1. The van der Waals surface area contributed by atoms with Crippen LogP contribution in [0.5, 0.6) is 0 Å². The van der Waals surface area contributed by atoms with Crippen LogP contribution in [0.25, 0.3) is 0 Å². The third-order valence-corrected chi connectivity index (χ3v) is 12.1. The monoisotopic (exact) mass is 550 g/mol. The van der Waals surface area contributed by atoms with E-state index in [0.717, 1.165) is 19.1 Å². The number of carbonyl (C=O) groups excluding carboxylic acids is 2. The molecule has 39 heavy (non-hydrogen) atoms. The van der Waals surface area contributed by atoms with Crippen molar-refractivity contribution in [1.82, 2.24) is 0 Å². The van der Waals surface area contributed by atoms with Gasteiger partial charge in [-0.25, -0.2) is 4.79 Å². The van der Waals surface area contributed by atoms with E-state index < -0.39 is 58.7 Å². The maximum absolute atomic E-state index is 12.9. The number of aldehydes is 1. The molecule has 218 valence electrons. The van der Waals surface area contributed by atoms with E-state index in [2.05, 4.69) is 0 Å². The first kappa shape index (κ1) is 27.8. The topological polar surface area (TPSA) is 163 Å². The molecule has 0 bridgehead atoms. The maximum Gasteiger partial charge on any atom is 0.331 e. The highest BCUT2D eigenvalue weighted by molar-refractivity contribution is 5.86. The van der Waals surface area contributed by atoms with Gasteiger partial charge in [-0.2, -0.15) is 0 Å². The lowest BCUT2D eigenvalue weighted by Crippen LogP contribution is -2.66. The minimum absolute atomic E-state index is 0.0286. The molecule has 2 heterocycles. The molecule has 0 radical (unpaired) electrons. The van der Waals surface area contributed by atoms with Crippen LogP contribution in [-0.2, 0) is 23.8 Å². The predicted molar refractivity (Wildman–Crippen MR) is 135 cm³/mol. The number of fused-ring (bicyclic) bond motifs is 5. The first-order valence-corrected chi connectivity index (χ1v) is 14.5. The zero-order valence-electron chi connectivity index (χ0n) is 22.7. The minimum atomic E-state index is -1.37. The second-order valence-corrected chi connectivity index (χ2v) is 13.4. The fraction of sp³-hybridized carbons (Fsp3) is 0.862. The summed E-state index contributed by atoms with van der Waals surface area (Å²) in [5.41, 5.74) is -3.42. The first-order valence-electron chi connectivity index (χ1n) is 14.5. The fourth-order valence-corrected chi connectivity index (χ4v) is 9.70. The molecular weight excluding hydrogens is 508 g/mol. The lowest BCUT2D eigenvalue weighted by Gasteiger charge is -2.63. The van der Waals surface area contributed by atoms with Gasteiger partial charge in [0.1, 0.15) is 31.2 Å². The average molecular weight is 551 g/mol. The summed E-state index contributed by atoms with van der Waals surface area (Å²) in [6.07, 6.45) is 1.74. The van der Waals surface area contributed by atoms with E-state index in [0.29, 0.717) is 50.5 Å². The lowest BCUT2D eigenvalue weighted by atomic mass is 9.42. The average Bonchev–Trinajstić information content (AvgIpc) is 3.45. The molecule has 5 fully saturated rings. The molecule has 13 atom stereocenters. The van der Waals surface area contributed by atoms with Gasteiger partial charge in [-0.05, 0) is 82.5 Å². The molecular formula is C29H42O10. The molecule has 2 aliphatic heterocycles. The van der Waals surface area contributed by atoms with Gasteiger partial charge in [0.05, 0.1) is 23.4 Å². The Bertz CT molecular complexity index is 1050. The Morgan fingerprint density at radius 2 is 1.74 bits per heavy atom. The molecule has 1 saturated heterocycles. The molecule has 4 aliphatic carbocycles. The van der Waals surface area contributed by atoms with Crippen LogP contribution >= 0.6 is 0 Å². The van der Waals surface area contributed by atoms with Crippen LogP contribution in [0.3, 0.4) is 0 Å². The van der Waals surface area contributed by atoms with Crippen molar-refractivity contribution < 1.29 is 49.3 Å². The summed E-state index contributed by atoms with van der Waals surface area (Å²) in [7, 11) is 0. The van der Waals surface area contributed by atoms with E-state index in [1.54, 1.807) is 6.92 Å². The number of cyclic esters (lactones) is 1. The molecule has 4 saturated carbocycles. The van der Waals surface area contributed by atoms with Gasteiger partial charge < -0.3 is 44.5 Å². The second kappa shape index (κ2) is 9.31. The molecule has 6 aliphatic rings. The highest BCUT2D eigenvalue weighted by Crippen LogP contribution is 2.70. The van der Waals surface area contributed by atoms with Crippen LogP contribution in [0, 0.1) is 28.6 Å². The largest absolute Gasteiger partial charge is 0.458 e. The zero-order valence-corrected chi connectivity index (χ0v) is 22.7. The molecule has 10 heteroatoms. The van der Waals surface area contributed by atoms with Crippen LogP contribution < -0.4 is 0 Å². The van der Waals surface area contributed by atoms with Gasteiger partial charge in [-0.15, -0.1) is 0 Å². The summed E-state index contributed by atoms with van der Waals surface area (Å²) >= 11 is 0. The Morgan fingerprint density at radius 3 is 2.44 bits per heavy atom. The van der Waals surface area contributed by atoms with Crippen molar-refractivity contribution in [2.24, 2.45) is 28.6 Å². The van der Waals surface area contributed by atoms with Gasteiger partial charge in [0, 0.05) is 22.5 Å². The van der Waals surface area contributed by atoms with Crippen LogP contribution in [-0.4, -0.2) is 92.4 Å². The van der Waals surface area contributed by atoms with Gasteiger partial charge >= 0.3 is 5.97 Å². The molecule has 5 N–H and O–H groups in total. The van der Waals surface area contributed by atoms with Crippen molar-refractivity contribution in [3.05, 3.63) is 11.6 Å². The smallest absolute Gasteiger partial charge is 0.331 e. The number of ether oxygens (including phenoxy) is 3. The van der Waals surface area contributed by atoms with Crippen LogP contribution in [0.1, 0.15) is 71.6 Å². The second-order valence-electron chi connectivity index (χ2n) is 13.4. The van der Waals surface area contributed by atoms with E-state index in [4.69, 9.17) is 14.2 Å². The molecule has 0 amide bonds. The number of hydrogen-bond acceptors (Lipinski definition) is 10. The Hall–Kier alpha value is -1.40. The molecule has 0 spiro atoms. The van der Waals surface area contributed by atoms with Crippen molar-refractivity contribution in [3.63, 3.8) is 0 Å². The van der Waals surface area contributed by atoms with Gasteiger partial charge in [0.2, 0.25) is 0 Å². The maximum atomic E-state index is 12.9. The third-order valence-electron chi connectivity index (χ3n) is 12.1. The van der Waals surface area contributed by atoms with Crippen molar-refractivity contribution in [2.75, 3.05) is 6.61 Å². The SMILES string of the molecule is C[C@H]1O[C@@H](O[C@H]2CC[C@@]3(C=O)[C@@H](CC[C@@H]4[C@H]3CC[C@]3(C)[C@](O)(C5=CC(=O)OC5)CC[C@]43O)C2)[C@H](O)[C@H](O)[C@@H]1O. The van der Waals surface area contributed by atoms with Crippen LogP contribution in [0.4, 0.5) is 0 Å². The zero-order chi connectivity index (χ0) is 28.0. The summed E-state index contributed by atoms with van der Waals surface area (Å²) in [6.45, 7) is 3.60. The number of aliphatic hydroxyl groups is 5. The van der Waals surface area contributed by atoms with E-state index in [1.165, 1.54) is 6.08 Å². The molecule has 6 rings (SSSR count). The van der Waals surface area contributed by atoms with Crippen molar-refractivity contribution >= 4 is 12.3 Å². The fourth-order valence-electron chi connectivity index (χ4n) is 9.70. The van der Waals surface area contributed by atoms with Gasteiger partial charge in [-0.3, -0.25) is 0 Å². The summed E-state index contributed by atoms with van der Waals surface area (Å²) in [5, 5.41) is 54.9. The molecule has 0 aromatic carbocycles. The van der Waals surface area contributed by atoms with Crippen molar-refractivity contribution in [3.8, 4) is 0 Å². The van der Waals surface area contributed by atoms with Crippen molar-refractivity contribution in [1.29, 1.82) is 0 Å².